The van der Waals surface area contributed by atoms with Crippen LogP contribution in [0.3, 0.4) is 0 Å². The molecule has 2 rings (SSSR count). The summed E-state index contributed by atoms with van der Waals surface area (Å²) in [5.41, 5.74) is 1.95. The molecule has 0 N–H and O–H groups in total. The topological polar surface area (TPSA) is 54.0 Å². The van der Waals surface area contributed by atoms with E-state index in [0.717, 1.165) is 5.56 Å². The first kappa shape index (κ1) is 27.0. The smallest absolute Gasteiger partial charge is 0.308 e. The monoisotopic (exact) mass is 464 g/mol. The van der Waals surface area contributed by atoms with Crippen molar-refractivity contribution in [3.63, 3.8) is 0 Å². The van der Waals surface area contributed by atoms with Crippen LogP contribution >= 0.6 is 0 Å². The minimum atomic E-state index is -2.01. The predicted molar refractivity (Wildman–Crippen MR) is 131 cm³/mol. The standard InChI is InChI=1S/C26H44O5Si/c1-18(2)32(19(3)4,20(5)6)28-17-23-15-22(16-24(27)31-26(7,8)9)29-25(30-23)21-13-11-10-12-14-21/h10-14,18-20,22-23,25H,15-17H2,1-9H3/t22-,23+,25+/m0/s1. The van der Waals surface area contributed by atoms with Gasteiger partial charge in [0, 0.05) is 12.0 Å². The van der Waals surface area contributed by atoms with Gasteiger partial charge in [-0.15, -0.1) is 0 Å². The molecule has 0 aromatic heterocycles. The molecule has 0 saturated carbocycles. The zero-order valence-corrected chi connectivity index (χ0v) is 22.5. The Morgan fingerprint density at radius 1 is 0.969 bits per heavy atom. The van der Waals surface area contributed by atoms with Crippen LogP contribution in [-0.4, -0.2) is 38.7 Å². The zero-order chi connectivity index (χ0) is 24.1. The Morgan fingerprint density at radius 2 is 1.50 bits per heavy atom. The number of hydrogen-bond acceptors (Lipinski definition) is 5. The number of benzene rings is 1. The molecule has 32 heavy (non-hydrogen) atoms. The quantitative estimate of drug-likeness (QED) is 0.298. The first-order chi connectivity index (χ1) is 14.8. The normalized spacial score (nSPS) is 22.6. The van der Waals surface area contributed by atoms with E-state index in [4.69, 9.17) is 18.6 Å². The SMILES string of the molecule is CC(C)[Si](OC[C@H]1C[C@@H](CC(=O)OC(C)(C)C)O[C@@H](c2ccccc2)O1)(C(C)C)C(C)C. The molecule has 5 nitrogen and oxygen atoms in total. The molecule has 0 aliphatic carbocycles. The van der Waals surface area contributed by atoms with Gasteiger partial charge in [-0.2, -0.15) is 0 Å². The van der Waals surface area contributed by atoms with E-state index in [2.05, 4.69) is 41.5 Å². The lowest BCUT2D eigenvalue weighted by molar-refractivity contribution is -0.254. The highest BCUT2D eigenvalue weighted by molar-refractivity contribution is 6.77. The molecule has 6 heteroatoms. The molecule has 1 aliphatic rings. The van der Waals surface area contributed by atoms with Gasteiger partial charge in [0.25, 0.3) is 0 Å². The van der Waals surface area contributed by atoms with Gasteiger partial charge >= 0.3 is 5.97 Å². The number of carbonyl (C=O) groups excluding carboxylic acids is 1. The lowest BCUT2D eigenvalue weighted by Gasteiger charge is -2.44. The van der Waals surface area contributed by atoms with Crippen molar-refractivity contribution >= 4 is 14.3 Å². The summed E-state index contributed by atoms with van der Waals surface area (Å²) < 4.78 is 24.9. The van der Waals surface area contributed by atoms with Crippen molar-refractivity contribution < 1.29 is 23.4 Å². The maximum atomic E-state index is 12.5. The fraction of sp³-hybridized carbons (Fsp3) is 0.731. The molecular formula is C26H44O5Si. The van der Waals surface area contributed by atoms with E-state index in [9.17, 15) is 4.79 Å². The van der Waals surface area contributed by atoms with Gasteiger partial charge in [-0.05, 0) is 37.4 Å². The Balaban J connectivity index is 2.18. The van der Waals surface area contributed by atoms with Crippen LogP contribution in [0.1, 0.15) is 87.0 Å². The third-order valence-electron chi connectivity index (χ3n) is 6.27. The summed E-state index contributed by atoms with van der Waals surface area (Å²) in [5.74, 6) is -0.244. The molecule has 0 amide bonds. The molecule has 1 heterocycles. The third kappa shape index (κ3) is 7.14. The Kier molecular flexibility index (Phi) is 9.53. The number of carbonyl (C=O) groups is 1. The molecule has 1 aromatic rings. The average molecular weight is 465 g/mol. The summed E-state index contributed by atoms with van der Waals surface area (Å²) >= 11 is 0. The van der Waals surface area contributed by atoms with Crippen LogP contribution in [0.2, 0.25) is 16.6 Å². The molecule has 182 valence electrons. The lowest BCUT2D eigenvalue weighted by Crippen LogP contribution is -2.50. The molecule has 0 spiro atoms. The van der Waals surface area contributed by atoms with E-state index in [0.29, 0.717) is 29.7 Å². The summed E-state index contributed by atoms with van der Waals surface area (Å²) in [5, 5.41) is 0. The third-order valence-corrected chi connectivity index (χ3v) is 12.4. The molecule has 1 aliphatic heterocycles. The Bertz CT molecular complexity index is 689. The molecular weight excluding hydrogens is 420 g/mol. The summed E-state index contributed by atoms with van der Waals surface area (Å²) in [6, 6.07) is 9.90. The first-order valence-corrected chi connectivity index (χ1v) is 14.2. The van der Waals surface area contributed by atoms with Gasteiger partial charge in [0.2, 0.25) is 0 Å². The highest BCUT2D eigenvalue weighted by atomic mass is 28.4. The van der Waals surface area contributed by atoms with E-state index in [1.165, 1.54) is 0 Å². The van der Waals surface area contributed by atoms with Gasteiger partial charge in [0.05, 0.1) is 25.2 Å². The van der Waals surface area contributed by atoms with Crippen LogP contribution < -0.4 is 0 Å². The summed E-state index contributed by atoms with van der Waals surface area (Å²) in [6.07, 6.45) is -0.0996. The second-order valence-corrected chi connectivity index (χ2v) is 16.4. The average Bonchev–Trinajstić information content (AvgIpc) is 2.66. The van der Waals surface area contributed by atoms with Crippen molar-refractivity contribution in [3.05, 3.63) is 35.9 Å². The number of ether oxygens (including phenoxy) is 3. The maximum absolute atomic E-state index is 12.5. The summed E-state index contributed by atoms with van der Waals surface area (Å²) in [4.78, 5) is 12.5. The van der Waals surface area contributed by atoms with E-state index in [1.54, 1.807) is 0 Å². The highest BCUT2D eigenvalue weighted by Crippen LogP contribution is 2.43. The van der Waals surface area contributed by atoms with E-state index < -0.39 is 20.2 Å². The Morgan fingerprint density at radius 3 is 2.00 bits per heavy atom. The van der Waals surface area contributed by atoms with E-state index in [1.807, 2.05) is 51.1 Å². The lowest BCUT2D eigenvalue weighted by atomic mass is 10.1. The van der Waals surface area contributed by atoms with E-state index in [-0.39, 0.29) is 24.6 Å². The molecule has 3 atom stereocenters. The van der Waals surface area contributed by atoms with Crippen molar-refractivity contribution in [3.8, 4) is 0 Å². The van der Waals surface area contributed by atoms with Gasteiger partial charge < -0.3 is 18.6 Å². The maximum Gasteiger partial charge on any atom is 0.308 e. The summed E-state index contributed by atoms with van der Waals surface area (Å²) in [7, 11) is -2.01. The highest BCUT2D eigenvalue weighted by Gasteiger charge is 2.46. The van der Waals surface area contributed by atoms with E-state index >= 15 is 0 Å². The Labute approximate surface area is 196 Å². The van der Waals surface area contributed by atoms with Crippen LogP contribution in [0.4, 0.5) is 0 Å². The fourth-order valence-corrected chi connectivity index (χ4v) is 10.6. The first-order valence-electron chi connectivity index (χ1n) is 12.1. The minimum absolute atomic E-state index is 0.135. The van der Waals surface area contributed by atoms with Crippen molar-refractivity contribution in [1.29, 1.82) is 0 Å². The second kappa shape index (κ2) is 11.3. The Hall–Kier alpha value is -1.21. The van der Waals surface area contributed by atoms with Crippen molar-refractivity contribution in [2.45, 2.75) is 116 Å². The number of esters is 1. The van der Waals surface area contributed by atoms with Crippen molar-refractivity contribution in [2.75, 3.05) is 6.61 Å². The van der Waals surface area contributed by atoms with Crippen molar-refractivity contribution in [2.24, 2.45) is 0 Å². The molecule has 0 unspecified atom stereocenters. The van der Waals surface area contributed by atoms with Crippen LogP contribution in [0.25, 0.3) is 0 Å². The van der Waals surface area contributed by atoms with Crippen LogP contribution in [0, 0.1) is 0 Å². The van der Waals surface area contributed by atoms with Gasteiger partial charge in [0.15, 0.2) is 14.6 Å². The van der Waals surface area contributed by atoms with Crippen molar-refractivity contribution in [1.82, 2.24) is 0 Å². The largest absolute Gasteiger partial charge is 0.460 e. The molecule has 1 saturated heterocycles. The van der Waals surface area contributed by atoms with Gasteiger partial charge in [-0.3, -0.25) is 4.79 Å². The molecule has 0 radical (unpaired) electrons. The van der Waals surface area contributed by atoms with Gasteiger partial charge in [0.1, 0.15) is 5.60 Å². The predicted octanol–water partition coefficient (Wildman–Crippen LogP) is 6.78. The zero-order valence-electron chi connectivity index (χ0n) is 21.5. The molecule has 1 aromatic carbocycles. The van der Waals surface area contributed by atoms with Crippen LogP contribution in [-0.2, 0) is 23.4 Å². The fourth-order valence-electron chi connectivity index (χ4n) is 5.10. The molecule has 1 fully saturated rings. The van der Waals surface area contributed by atoms with Crippen LogP contribution in [0.15, 0.2) is 30.3 Å². The second-order valence-electron chi connectivity index (χ2n) is 10.9. The van der Waals surface area contributed by atoms with Gasteiger partial charge in [-0.1, -0.05) is 71.9 Å². The molecule has 0 bridgehead atoms. The van der Waals surface area contributed by atoms with Gasteiger partial charge in [-0.25, -0.2) is 0 Å². The minimum Gasteiger partial charge on any atom is -0.460 e. The number of hydrogen-bond donors (Lipinski definition) is 0. The number of rotatable bonds is 9. The van der Waals surface area contributed by atoms with Crippen LogP contribution in [0.5, 0.6) is 0 Å². The summed E-state index contributed by atoms with van der Waals surface area (Å²) in [6.45, 7) is 19.9.